The van der Waals surface area contributed by atoms with E-state index in [0.29, 0.717) is 11.6 Å². The summed E-state index contributed by atoms with van der Waals surface area (Å²) in [5.74, 6) is 0.374. The molecule has 1 N–H and O–H groups in total. The van der Waals surface area contributed by atoms with Crippen molar-refractivity contribution in [1.29, 1.82) is 0 Å². The molecule has 120 valence electrons. The van der Waals surface area contributed by atoms with Crippen LogP contribution in [0.1, 0.15) is 42.1 Å². The van der Waals surface area contributed by atoms with E-state index < -0.39 is 6.09 Å². The fourth-order valence-corrected chi connectivity index (χ4v) is 2.20. The summed E-state index contributed by atoms with van der Waals surface area (Å²) in [6.45, 7) is 6.47. The van der Waals surface area contributed by atoms with Gasteiger partial charge >= 0.3 is 6.09 Å². The second kappa shape index (κ2) is 8.08. The smallest absolute Gasteiger partial charge is 0.428 e. The average Bonchev–Trinajstić information content (AvgIpc) is 2.53. The molecule has 5 heteroatoms. The fraction of sp³-hybridized carbons (Fsp3) is 0.278. The van der Waals surface area contributed by atoms with Crippen LogP contribution in [0.25, 0.3) is 0 Å². The summed E-state index contributed by atoms with van der Waals surface area (Å²) < 4.78 is 5.23. The predicted molar refractivity (Wildman–Crippen MR) is 90.4 cm³/mol. The first-order valence-electron chi connectivity index (χ1n) is 7.52. The van der Waals surface area contributed by atoms with Gasteiger partial charge in [0.2, 0.25) is 0 Å². The molecule has 2 rings (SSSR count). The minimum Gasteiger partial charge on any atom is -0.443 e. The molecule has 0 aliphatic rings. The number of pyridine rings is 1. The number of aryl methyl sites for hydroxylation is 1. The van der Waals surface area contributed by atoms with Gasteiger partial charge in [-0.05, 0) is 36.1 Å². The van der Waals surface area contributed by atoms with E-state index in [4.69, 9.17) is 4.74 Å². The van der Waals surface area contributed by atoms with Gasteiger partial charge in [-0.25, -0.2) is 10.2 Å². The van der Waals surface area contributed by atoms with Crippen molar-refractivity contribution < 1.29 is 9.53 Å². The molecule has 1 heterocycles. The number of amides is 1. The fourth-order valence-electron chi connectivity index (χ4n) is 2.20. The monoisotopic (exact) mass is 311 g/mol. The number of benzene rings is 1. The predicted octanol–water partition coefficient (Wildman–Crippen LogP) is 3.77. The van der Waals surface area contributed by atoms with Crippen molar-refractivity contribution >= 4 is 12.3 Å². The highest BCUT2D eigenvalue weighted by Crippen LogP contribution is 2.21. The Morgan fingerprint density at radius 3 is 2.87 bits per heavy atom. The molecular formula is C18H21N3O2. The van der Waals surface area contributed by atoms with Crippen molar-refractivity contribution in [1.82, 2.24) is 10.4 Å². The van der Waals surface area contributed by atoms with Crippen LogP contribution in [0.4, 0.5) is 4.79 Å². The van der Waals surface area contributed by atoms with Crippen molar-refractivity contribution in [3.8, 4) is 0 Å². The van der Waals surface area contributed by atoms with Gasteiger partial charge in [0.05, 0.1) is 11.9 Å². The minimum absolute atomic E-state index is 0.222. The summed E-state index contributed by atoms with van der Waals surface area (Å²) in [4.78, 5) is 15.8. The second-order valence-corrected chi connectivity index (χ2v) is 5.56. The van der Waals surface area contributed by atoms with Gasteiger partial charge in [0, 0.05) is 6.20 Å². The Morgan fingerprint density at radius 2 is 2.17 bits per heavy atom. The molecule has 1 aromatic heterocycles. The van der Waals surface area contributed by atoms with E-state index in [-0.39, 0.29) is 6.61 Å². The third kappa shape index (κ3) is 5.21. The Balaban J connectivity index is 1.90. The van der Waals surface area contributed by atoms with Crippen LogP contribution < -0.4 is 5.43 Å². The van der Waals surface area contributed by atoms with E-state index >= 15 is 0 Å². The van der Waals surface area contributed by atoms with Crippen LogP contribution in [0.5, 0.6) is 0 Å². The van der Waals surface area contributed by atoms with Crippen molar-refractivity contribution in [3.05, 3.63) is 65.0 Å². The van der Waals surface area contributed by atoms with Crippen LogP contribution in [0.3, 0.4) is 0 Å². The Kier molecular flexibility index (Phi) is 5.86. The second-order valence-electron chi connectivity index (χ2n) is 5.56. The highest BCUT2D eigenvalue weighted by atomic mass is 16.5. The number of carbonyl (C=O) groups is 1. The number of hydrogen-bond donors (Lipinski definition) is 1. The maximum atomic E-state index is 11.7. The Labute approximate surface area is 136 Å². The molecule has 0 unspecified atom stereocenters. The van der Waals surface area contributed by atoms with Gasteiger partial charge in [-0.1, -0.05) is 43.7 Å². The lowest BCUT2D eigenvalue weighted by atomic mass is 9.96. The molecule has 0 bridgehead atoms. The molecule has 23 heavy (non-hydrogen) atoms. The lowest BCUT2D eigenvalue weighted by molar-refractivity contribution is 0.139. The average molecular weight is 311 g/mol. The van der Waals surface area contributed by atoms with E-state index in [1.54, 1.807) is 12.3 Å². The maximum absolute atomic E-state index is 11.7. The molecule has 0 aliphatic carbocycles. The first-order chi connectivity index (χ1) is 11.1. The van der Waals surface area contributed by atoms with E-state index in [1.165, 1.54) is 11.8 Å². The van der Waals surface area contributed by atoms with Gasteiger partial charge in [0.25, 0.3) is 0 Å². The molecule has 1 aromatic carbocycles. The number of nitrogens with zero attached hydrogens (tertiary/aromatic N) is 2. The van der Waals surface area contributed by atoms with E-state index in [9.17, 15) is 4.79 Å². The quantitative estimate of drug-likeness (QED) is 0.675. The normalized spacial score (nSPS) is 11.0. The van der Waals surface area contributed by atoms with Gasteiger partial charge in [-0.15, -0.1) is 0 Å². The molecule has 1 amide bonds. The zero-order chi connectivity index (χ0) is 16.7. The molecular weight excluding hydrogens is 290 g/mol. The van der Waals surface area contributed by atoms with E-state index in [1.807, 2.05) is 25.1 Å². The van der Waals surface area contributed by atoms with Gasteiger partial charge in [-0.2, -0.15) is 5.10 Å². The standard InChI is InChI=1S/C18H21N3O2/c1-13(2)17-8-7-14(3)10-15(17)12-23-18(22)21-20-11-16-6-4-5-9-19-16/h4-11,13H,12H2,1-3H3,(H,21,22)/b20-11-. The number of hydrogen-bond acceptors (Lipinski definition) is 4. The van der Waals surface area contributed by atoms with E-state index in [2.05, 4.69) is 41.5 Å². The van der Waals surface area contributed by atoms with Gasteiger partial charge in [0.15, 0.2) is 0 Å². The molecule has 0 aliphatic heterocycles. The summed E-state index contributed by atoms with van der Waals surface area (Å²) in [7, 11) is 0. The number of hydrazone groups is 1. The topological polar surface area (TPSA) is 63.6 Å². The number of carbonyl (C=O) groups excluding carboxylic acids is 1. The third-order valence-corrected chi connectivity index (χ3v) is 3.32. The molecule has 2 aromatic rings. The zero-order valence-electron chi connectivity index (χ0n) is 13.6. The van der Waals surface area contributed by atoms with Crippen molar-refractivity contribution in [2.75, 3.05) is 0 Å². The number of ether oxygens (including phenoxy) is 1. The Morgan fingerprint density at radius 1 is 1.35 bits per heavy atom. The number of rotatable bonds is 5. The molecule has 0 saturated carbocycles. The number of aromatic nitrogens is 1. The minimum atomic E-state index is -0.589. The first kappa shape index (κ1) is 16.7. The SMILES string of the molecule is Cc1ccc(C(C)C)c(COC(=O)N/N=C\c2ccccn2)c1. The summed E-state index contributed by atoms with van der Waals surface area (Å²) >= 11 is 0. The first-order valence-corrected chi connectivity index (χ1v) is 7.52. The summed E-state index contributed by atoms with van der Waals surface area (Å²) in [5, 5.41) is 3.82. The lowest BCUT2D eigenvalue weighted by Crippen LogP contribution is -2.19. The summed E-state index contributed by atoms with van der Waals surface area (Å²) in [6.07, 6.45) is 2.53. The third-order valence-electron chi connectivity index (χ3n) is 3.32. The van der Waals surface area contributed by atoms with Crippen LogP contribution in [0, 0.1) is 6.92 Å². The molecule has 0 fully saturated rings. The highest BCUT2D eigenvalue weighted by molar-refractivity contribution is 5.78. The molecule has 0 atom stereocenters. The lowest BCUT2D eigenvalue weighted by Gasteiger charge is -2.13. The van der Waals surface area contributed by atoms with Crippen molar-refractivity contribution in [2.24, 2.45) is 5.10 Å². The van der Waals surface area contributed by atoms with Gasteiger partial charge in [-0.3, -0.25) is 4.98 Å². The van der Waals surface area contributed by atoms with Crippen LogP contribution in [0.2, 0.25) is 0 Å². The van der Waals surface area contributed by atoms with Crippen LogP contribution in [0.15, 0.2) is 47.7 Å². The maximum Gasteiger partial charge on any atom is 0.428 e. The van der Waals surface area contributed by atoms with Crippen LogP contribution >= 0.6 is 0 Å². The van der Waals surface area contributed by atoms with Gasteiger partial charge in [0.1, 0.15) is 6.61 Å². The summed E-state index contributed by atoms with van der Waals surface area (Å²) in [6, 6.07) is 11.6. The molecule has 0 spiro atoms. The number of nitrogens with one attached hydrogen (secondary N) is 1. The van der Waals surface area contributed by atoms with Gasteiger partial charge < -0.3 is 4.74 Å². The Bertz CT molecular complexity index is 682. The van der Waals surface area contributed by atoms with Crippen molar-refractivity contribution in [3.63, 3.8) is 0 Å². The Hall–Kier alpha value is -2.69. The zero-order valence-corrected chi connectivity index (χ0v) is 13.6. The van der Waals surface area contributed by atoms with Crippen molar-refractivity contribution in [2.45, 2.75) is 33.3 Å². The molecule has 5 nitrogen and oxygen atoms in total. The highest BCUT2D eigenvalue weighted by Gasteiger charge is 2.09. The molecule has 0 radical (unpaired) electrons. The van der Waals surface area contributed by atoms with E-state index in [0.717, 1.165) is 11.1 Å². The van der Waals surface area contributed by atoms with Crippen LogP contribution in [-0.2, 0) is 11.3 Å². The van der Waals surface area contributed by atoms with Crippen LogP contribution in [-0.4, -0.2) is 17.3 Å². The molecule has 0 saturated heterocycles. The largest absolute Gasteiger partial charge is 0.443 e. The summed E-state index contributed by atoms with van der Waals surface area (Å²) in [5.41, 5.74) is 6.33.